The van der Waals surface area contributed by atoms with Crippen LogP contribution in [0.2, 0.25) is 0 Å². The fraction of sp³-hybridized carbons (Fsp3) is 0.385. The molecule has 1 aliphatic rings. The number of nitrogens with one attached hydrogen (secondary N) is 2. The highest BCUT2D eigenvalue weighted by molar-refractivity contribution is 6.07. The van der Waals surface area contributed by atoms with Crippen molar-refractivity contribution >= 4 is 23.5 Å². The number of pyridine rings is 1. The Balaban J connectivity index is 2.20. The van der Waals surface area contributed by atoms with Gasteiger partial charge in [0, 0.05) is 12.7 Å². The van der Waals surface area contributed by atoms with E-state index in [9.17, 15) is 14.4 Å². The standard InChI is InChI=1S/C13H16N4O3/c1-2-5-14-12-9(4-3-6-15-12)13(20)17-7-10(18)16-11(19)8-17/h3-4,6H,2,5,7-8H2,1H3,(H,14,15)(H,16,18,19). The Labute approximate surface area is 116 Å². The Morgan fingerprint density at radius 3 is 2.75 bits per heavy atom. The second-order valence-corrected chi connectivity index (χ2v) is 4.46. The number of nitrogens with zero attached hydrogens (tertiary/aromatic N) is 2. The van der Waals surface area contributed by atoms with Crippen LogP contribution in [0.1, 0.15) is 23.7 Å². The minimum Gasteiger partial charge on any atom is -0.369 e. The van der Waals surface area contributed by atoms with Crippen LogP contribution in [0.4, 0.5) is 5.82 Å². The maximum absolute atomic E-state index is 12.4. The minimum atomic E-state index is -0.471. The molecule has 3 amide bonds. The normalized spacial score (nSPS) is 14.9. The quantitative estimate of drug-likeness (QED) is 0.755. The minimum absolute atomic E-state index is 0.118. The number of amides is 3. The van der Waals surface area contributed by atoms with Crippen molar-refractivity contribution in [1.29, 1.82) is 0 Å². The van der Waals surface area contributed by atoms with Crippen LogP contribution in [-0.4, -0.2) is 47.2 Å². The summed E-state index contributed by atoms with van der Waals surface area (Å²) in [5.74, 6) is -0.846. The van der Waals surface area contributed by atoms with E-state index in [0.717, 1.165) is 6.42 Å². The van der Waals surface area contributed by atoms with Crippen molar-refractivity contribution in [1.82, 2.24) is 15.2 Å². The number of hydrogen-bond donors (Lipinski definition) is 2. The summed E-state index contributed by atoms with van der Waals surface area (Å²) in [5.41, 5.74) is 0.364. The summed E-state index contributed by atoms with van der Waals surface area (Å²) in [7, 11) is 0. The zero-order chi connectivity index (χ0) is 14.5. The SMILES string of the molecule is CCCNc1ncccc1C(=O)N1CC(=O)NC(=O)C1. The number of imide groups is 1. The van der Waals surface area contributed by atoms with Gasteiger partial charge in [0.1, 0.15) is 18.9 Å². The second kappa shape index (κ2) is 6.14. The van der Waals surface area contributed by atoms with Crippen LogP contribution < -0.4 is 10.6 Å². The molecule has 1 fully saturated rings. The van der Waals surface area contributed by atoms with Crippen molar-refractivity contribution < 1.29 is 14.4 Å². The van der Waals surface area contributed by atoms with Gasteiger partial charge in [-0.2, -0.15) is 0 Å². The number of aromatic nitrogens is 1. The molecule has 1 aliphatic heterocycles. The molecule has 2 rings (SSSR count). The molecule has 7 nitrogen and oxygen atoms in total. The molecule has 7 heteroatoms. The third-order valence-corrected chi connectivity index (χ3v) is 2.82. The number of hydrogen-bond acceptors (Lipinski definition) is 5. The lowest BCUT2D eigenvalue weighted by Crippen LogP contribution is -2.53. The summed E-state index contributed by atoms with van der Waals surface area (Å²) in [6.45, 7) is 2.46. The summed E-state index contributed by atoms with van der Waals surface area (Å²) in [5, 5.41) is 5.22. The highest BCUT2D eigenvalue weighted by Crippen LogP contribution is 2.15. The van der Waals surface area contributed by atoms with Gasteiger partial charge < -0.3 is 10.2 Å². The van der Waals surface area contributed by atoms with Crippen molar-refractivity contribution in [3.8, 4) is 0 Å². The molecule has 2 heterocycles. The first kappa shape index (κ1) is 14.0. The zero-order valence-electron chi connectivity index (χ0n) is 11.2. The summed E-state index contributed by atoms with van der Waals surface area (Å²) >= 11 is 0. The van der Waals surface area contributed by atoms with Crippen LogP contribution in [0.5, 0.6) is 0 Å². The summed E-state index contributed by atoms with van der Waals surface area (Å²) in [4.78, 5) is 40.4. The lowest BCUT2D eigenvalue weighted by molar-refractivity contribution is -0.135. The molecule has 0 radical (unpaired) electrons. The fourth-order valence-corrected chi connectivity index (χ4v) is 1.91. The van der Waals surface area contributed by atoms with Gasteiger partial charge in [0.15, 0.2) is 0 Å². The van der Waals surface area contributed by atoms with Crippen LogP contribution in [-0.2, 0) is 9.59 Å². The van der Waals surface area contributed by atoms with Gasteiger partial charge >= 0.3 is 0 Å². The molecule has 2 N–H and O–H groups in total. The predicted octanol–water partition coefficient (Wildman–Crippen LogP) is 0.00210. The maximum Gasteiger partial charge on any atom is 0.258 e. The highest BCUT2D eigenvalue weighted by atomic mass is 16.2. The van der Waals surface area contributed by atoms with Gasteiger partial charge in [-0.1, -0.05) is 6.92 Å². The first-order valence-corrected chi connectivity index (χ1v) is 6.42. The monoisotopic (exact) mass is 276 g/mol. The molecule has 20 heavy (non-hydrogen) atoms. The molecule has 0 aromatic carbocycles. The Bertz CT molecular complexity index is 528. The topological polar surface area (TPSA) is 91.4 Å². The van der Waals surface area contributed by atoms with Gasteiger partial charge in [-0.3, -0.25) is 19.7 Å². The molecule has 1 saturated heterocycles. The van der Waals surface area contributed by atoms with Crippen LogP contribution in [0.15, 0.2) is 18.3 Å². The largest absolute Gasteiger partial charge is 0.369 e. The van der Waals surface area contributed by atoms with Crippen LogP contribution in [0.3, 0.4) is 0 Å². The Morgan fingerprint density at radius 1 is 1.40 bits per heavy atom. The van der Waals surface area contributed by atoms with E-state index in [-0.39, 0.29) is 19.0 Å². The molecule has 0 unspecified atom stereocenters. The van der Waals surface area contributed by atoms with Gasteiger partial charge in [0.2, 0.25) is 11.8 Å². The molecule has 0 saturated carbocycles. The molecule has 1 aromatic heterocycles. The zero-order valence-corrected chi connectivity index (χ0v) is 11.2. The molecule has 0 spiro atoms. The summed E-state index contributed by atoms with van der Waals surface area (Å²) in [6.07, 6.45) is 2.48. The Morgan fingerprint density at radius 2 is 2.10 bits per heavy atom. The van der Waals surface area contributed by atoms with Crippen LogP contribution >= 0.6 is 0 Å². The van der Waals surface area contributed by atoms with Crippen molar-refractivity contribution in [2.24, 2.45) is 0 Å². The number of piperazine rings is 1. The lowest BCUT2D eigenvalue weighted by atomic mass is 10.2. The van der Waals surface area contributed by atoms with E-state index >= 15 is 0 Å². The summed E-state index contributed by atoms with van der Waals surface area (Å²) < 4.78 is 0. The first-order chi connectivity index (χ1) is 9.61. The Kier molecular flexibility index (Phi) is 4.29. The van der Waals surface area contributed by atoms with Gasteiger partial charge in [-0.05, 0) is 18.6 Å². The number of anilines is 1. The van der Waals surface area contributed by atoms with E-state index in [1.165, 1.54) is 4.90 Å². The van der Waals surface area contributed by atoms with E-state index in [2.05, 4.69) is 15.6 Å². The van der Waals surface area contributed by atoms with Gasteiger partial charge in [0.05, 0.1) is 5.56 Å². The smallest absolute Gasteiger partial charge is 0.258 e. The van der Waals surface area contributed by atoms with Crippen molar-refractivity contribution in [2.45, 2.75) is 13.3 Å². The molecule has 0 atom stereocenters. The number of rotatable bonds is 4. The average Bonchev–Trinajstić information content (AvgIpc) is 2.43. The molecule has 0 aliphatic carbocycles. The maximum atomic E-state index is 12.4. The van der Waals surface area contributed by atoms with Gasteiger partial charge in [-0.15, -0.1) is 0 Å². The van der Waals surface area contributed by atoms with Gasteiger partial charge in [-0.25, -0.2) is 4.98 Å². The van der Waals surface area contributed by atoms with E-state index in [1.54, 1.807) is 18.3 Å². The van der Waals surface area contributed by atoms with Gasteiger partial charge in [0.25, 0.3) is 5.91 Å². The first-order valence-electron chi connectivity index (χ1n) is 6.42. The Hall–Kier alpha value is -2.44. The fourth-order valence-electron chi connectivity index (χ4n) is 1.91. The van der Waals surface area contributed by atoms with E-state index in [4.69, 9.17) is 0 Å². The number of carbonyl (C=O) groups is 3. The van der Waals surface area contributed by atoms with E-state index < -0.39 is 11.8 Å². The third kappa shape index (κ3) is 3.11. The van der Waals surface area contributed by atoms with Crippen LogP contribution in [0.25, 0.3) is 0 Å². The molecule has 106 valence electrons. The summed E-state index contributed by atoms with van der Waals surface area (Å²) in [6, 6.07) is 3.28. The van der Waals surface area contributed by atoms with E-state index in [1.807, 2.05) is 6.92 Å². The van der Waals surface area contributed by atoms with Crippen molar-refractivity contribution in [3.05, 3.63) is 23.9 Å². The van der Waals surface area contributed by atoms with E-state index in [0.29, 0.717) is 17.9 Å². The molecule has 0 bridgehead atoms. The predicted molar refractivity (Wildman–Crippen MR) is 72.1 cm³/mol. The third-order valence-electron chi connectivity index (χ3n) is 2.82. The highest BCUT2D eigenvalue weighted by Gasteiger charge is 2.28. The molecule has 1 aromatic rings. The van der Waals surface area contributed by atoms with Crippen molar-refractivity contribution in [2.75, 3.05) is 25.0 Å². The molecular weight excluding hydrogens is 260 g/mol. The number of carbonyl (C=O) groups excluding carboxylic acids is 3. The molecular formula is C13H16N4O3. The lowest BCUT2D eigenvalue weighted by Gasteiger charge is -2.26. The average molecular weight is 276 g/mol. The van der Waals surface area contributed by atoms with Crippen molar-refractivity contribution in [3.63, 3.8) is 0 Å². The second-order valence-electron chi connectivity index (χ2n) is 4.46. The van der Waals surface area contributed by atoms with Crippen LogP contribution in [0, 0.1) is 0 Å².